The number of hydrogen-bond acceptors (Lipinski definition) is 8. The Labute approximate surface area is 308 Å². The van der Waals surface area contributed by atoms with Crippen LogP contribution in [0.1, 0.15) is 64.7 Å². The van der Waals surface area contributed by atoms with E-state index in [9.17, 15) is 0 Å². The lowest BCUT2D eigenvalue weighted by molar-refractivity contribution is -0.112. The number of nitrogens with zero attached hydrogens (tertiary/aromatic N) is 1. The molecule has 8 nitrogen and oxygen atoms in total. The summed E-state index contributed by atoms with van der Waals surface area (Å²) in [5, 5.41) is 0. The first-order valence-corrected chi connectivity index (χ1v) is 18.7. The van der Waals surface area contributed by atoms with Gasteiger partial charge in [0.25, 0.3) is 8.53 Å². The lowest BCUT2D eigenvalue weighted by Crippen LogP contribution is -2.46. The zero-order chi connectivity index (χ0) is 37.3. The molecule has 0 N–H and O–H groups in total. The van der Waals surface area contributed by atoms with Gasteiger partial charge in [-0.1, -0.05) is 79.6 Å². The van der Waals surface area contributed by atoms with Crippen LogP contribution in [-0.2, 0) is 28.9 Å². The van der Waals surface area contributed by atoms with Crippen LogP contribution in [0.15, 0.2) is 91.0 Å². The Kier molecular flexibility index (Phi) is 17.6. The average Bonchev–Trinajstić information content (AvgIpc) is 3.13. The second-order valence-corrected chi connectivity index (χ2v) is 14.8. The number of rotatable bonds is 24. The second kappa shape index (κ2) is 21.3. The number of hydrogen-bond donors (Lipinski definition) is 0. The van der Waals surface area contributed by atoms with Crippen LogP contribution >= 0.6 is 8.53 Å². The van der Waals surface area contributed by atoms with Crippen molar-refractivity contribution in [2.24, 2.45) is 5.41 Å². The standard InChI is InChI=1S/C42H58NO7P/c1-11-26-46-29-41(30-47-28-33(3)4,32-50-51(49-27-12-2)43(34(5)6)35(7)8)31-48-42(36-16-14-13-15-17-36,37-18-22-39(44-9)23-19-37)38-20-24-40(45-10)25-21-38/h1,13-25,34-35H,3,12,26-32H2,2,4-10H3. The van der Waals surface area contributed by atoms with Crippen LogP contribution < -0.4 is 9.47 Å². The fraction of sp³-hybridized carbons (Fsp3) is 0.476. The van der Waals surface area contributed by atoms with Gasteiger partial charge >= 0.3 is 0 Å². The van der Waals surface area contributed by atoms with Gasteiger partial charge in [0.15, 0.2) is 0 Å². The summed E-state index contributed by atoms with van der Waals surface area (Å²) < 4.78 is 46.5. The van der Waals surface area contributed by atoms with Crippen molar-refractivity contribution >= 4 is 8.53 Å². The van der Waals surface area contributed by atoms with E-state index in [1.54, 1.807) is 14.2 Å². The third-order valence-electron chi connectivity index (χ3n) is 8.25. The van der Waals surface area contributed by atoms with E-state index in [2.05, 4.69) is 63.9 Å². The summed E-state index contributed by atoms with van der Waals surface area (Å²) >= 11 is 0. The van der Waals surface area contributed by atoms with Gasteiger partial charge in [-0.05, 0) is 82.0 Å². The SMILES string of the molecule is C#CCOCC(COCC(=C)C)(COP(OCCC)N(C(C)C)C(C)C)COC(c1ccccc1)(c1ccc(OC)cc1)c1ccc(OC)cc1. The van der Waals surface area contributed by atoms with E-state index in [0.717, 1.165) is 40.2 Å². The van der Waals surface area contributed by atoms with Gasteiger partial charge in [0.2, 0.25) is 0 Å². The maximum Gasteiger partial charge on any atom is 0.259 e. The first-order valence-electron chi connectivity index (χ1n) is 17.6. The Morgan fingerprint density at radius 2 is 1.29 bits per heavy atom. The van der Waals surface area contributed by atoms with Crippen LogP contribution in [0.4, 0.5) is 0 Å². The summed E-state index contributed by atoms with van der Waals surface area (Å²) in [6, 6.07) is 26.6. The Morgan fingerprint density at radius 3 is 1.76 bits per heavy atom. The Bertz CT molecular complexity index is 1420. The smallest absolute Gasteiger partial charge is 0.259 e. The Morgan fingerprint density at radius 1 is 0.765 bits per heavy atom. The summed E-state index contributed by atoms with van der Waals surface area (Å²) in [5.41, 5.74) is 1.83. The van der Waals surface area contributed by atoms with Crippen LogP contribution in [0.5, 0.6) is 11.5 Å². The summed E-state index contributed by atoms with van der Waals surface area (Å²) in [4.78, 5) is 0. The van der Waals surface area contributed by atoms with E-state index >= 15 is 0 Å². The van der Waals surface area contributed by atoms with Crippen LogP contribution in [0.25, 0.3) is 0 Å². The predicted molar refractivity (Wildman–Crippen MR) is 207 cm³/mol. The zero-order valence-electron chi connectivity index (χ0n) is 31.9. The molecule has 0 bridgehead atoms. The fourth-order valence-corrected chi connectivity index (χ4v) is 7.68. The molecule has 51 heavy (non-hydrogen) atoms. The van der Waals surface area contributed by atoms with Crippen molar-refractivity contribution < 1.29 is 32.7 Å². The molecule has 3 aromatic rings. The third-order valence-corrected chi connectivity index (χ3v) is 10.3. The van der Waals surface area contributed by atoms with Crippen LogP contribution in [0.3, 0.4) is 0 Å². The van der Waals surface area contributed by atoms with Gasteiger partial charge in [-0.2, -0.15) is 0 Å². The van der Waals surface area contributed by atoms with Crippen LogP contribution in [0, 0.1) is 17.8 Å². The minimum absolute atomic E-state index is 0.133. The van der Waals surface area contributed by atoms with E-state index < -0.39 is 19.5 Å². The number of methoxy groups -OCH3 is 2. The van der Waals surface area contributed by atoms with Crippen molar-refractivity contribution in [2.75, 3.05) is 60.5 Å². The van der Waals surface area contributed by atoms with Gasteiger partial charge in [-0.15, -0.1) is 6.42 Å². The average molecular weight is 720 g/mol. The molecule has 0 radical (unpaired) electrons. The maximum atomic E-state index is 7.41. The van der Waals surface area contributed by atoms with Gasteiger partial charge in [-0.25, -0.2) is 4.67 Å². The molecule has 0 fully saturated rings. The summed E-state index contributed by atoms with van der Waals surface area (Å²) in [7, 11) is 1.90. The first kappa shape index (κ1) is 42.2. The molecule has 0 saturated heterocycles. The number of terminal acetylenes is 1. The van der Waals surface area contributed by atoms with Crippen molar-refractivity contribution in [3.63, 3.8) is 0 Å². The topological polar surface area (TPSA) is 67.9 Å². The molecule has 0 aromatic heterocycles. The van der Waals surface area contributed by atoms with Crippen molar-refractivity contribution in [2.45, 2.75) is 65.6 Å². The van der Waals surface area contributed by atoms with E-state index in [1.165, 1.54) is 0 Å². The molecule has 0 spiro atoms. The Balaban J connectivity index is 2.22. The number of benzene rings is 3. The molecule has 9 heteroatoms. The molecule has 3 rings (SSSR count). The molecule has 0 aliphatic carbocycles. The van der Waals surface area contributed by atoms with E-state index in [1.807, 2.05) is 73.7 Å². The summed E-state index contributed by atoms with van der Waals surface area (Å²) in [5.74, 6) is 4.11. The van der Waals surface area contributed by atoms with Crippen LogP contribution in [0.2, 0.25) is 0 Å². The van der Waals surface area contributed by atoms with Gasteiger partial charge in [0.1, 0.15) is 23.7 Å². The highest BCUT2D eigenvalue weighted by atomic mass is 31.2. The zero-order valence-corrected chi connectivity index (χ0v) is 32.7. The quantitative estimate of drug-likeness (QED) is 0.0299. The third kappa shape index (κ3) is 11.9. The van der Waals surface area contributed by atoms with Crippen molar-refractivity contribution in [1.82, 2.24) is 4.67 Å². The summed E-state index contributed by atoms with van der Waals surface area (Å²) in [6.07, 6.45) is 6.55. The number of ether oxygens (including phenoxy) is 5. The molecule has 0 aliphatic heterocycles. The maximum absolute atomic E-state index is 7.41. The second-order valence-electron chi connectivity index (χ2n) is 13.4. The summed E-state index contributed by atoms with van der Waals surface area (Å²) in [6.45, 7) is 18.7. The lowest BCUT2D eigenvalue weighted by Gasteiger charge is -2.42. The first-order chi connectivity index (χ1) is 24.6. The van der Waals surface area contributed by atoms with Gasteiger partial charge in [0, 0.05) is 12.1 Å². The highest BCUT2D eigenvalue weighted by molar-refractivity contribution is 7.44. The lowest BCUT2D eigenvalue weighted by atomic mass is 9.79. The largest absolute Gasteiger partial charge is 0.497 e. The minimum atomic E-state index is -1.42. The normalized spacial score (nSPS) is 13.6. The van der Waals surface area contributed by atoms with Gasteiger partial charge in [-0.3, -0.25) is 0 Å². The molecular formula is C42H58NO7P. The molecular weight excluding hydrogens is 661 g/mol. The molecule has 0 amide bonds. The van der Waals surface area contributed by atoms with Crippen molar-refractivity contribution in [3.05, 3.63) is 108 Å². The van der Waals surface area contributed by atoms with Gasteiger partial charge in [0.05, 0.1) is 59.3 Å². The fourth-order valence-electron chi connectivity index (χ4n) is 5.86. The van der Waals surface area contributed by atoms with Crippen molar-refractivity contribution in [1.29, 1.82) is 0 Å². The highest BCUT2D eigenvalue weighted by Crippen LogP contribution is 2.48. The van der Waals surface area contributed by atoms with E-state index in [-0.39, 0.29) is 45.1 Å². The molecule has 278 valence electrons. The van der Waals surface area contributed by atoms with Gasteiger partial charge < -0.3 is 32.7 Å². The highest BCUT2D eigenvalue weighted by Gasteiger charge is 2.43. The Hall–Kier alpha value is -3.25. The monoisotopic (exact) mass is 719 g/mol. The molecule has 0 aliphatic rings. The minimum Gasteiger partial charge on any atom is -0.497 e. The molecule has 3 aromatic carbocycles. The van der Waals surface area contributed by atoms with Crippen LogP contribution in [-0.4, -0.2) is 77.2 Å². The van der Waals surface area contributed by atoms with Crippen molar-refractivity contribution in [3.8, 4) is 23.8 Å². The van der Waals surface area contributed by atoms with E-state index in [0.29, 0.717) is 13.2 Å². The molecule has 0 heterocycles. The predicted octanol–water partition coefficient (Wildman–Crippen LogP) is 9.03. The molecule has 2 unspecified atom stereocenters. The molecule has 0 saturated carbocycles. The molecule has 2 atom stereocenters. The van der Waals surface area contributed by atoms with E-state index in [4.69, 9.17) is 39.2 Å².